The quantitative estimate of drug-likeness (QED) is 0.894. The lowest BCUT2D eigenvalue weighted by molar-refractivity contribution is -0.138. The van der Waals surface area contributed by atoms with Gasteiger partial charge in [-0.05, 0) is 18.6 Å². The van der Waals surface area contributed by atoms with Crippen LogP contribution in [0.4, 0.5) is 0 Å². The van der Waals surface area contributed by atoms with E-state index in [0.29, 0.717) is 26.1 Å². The van der Waals surface area contributed by atoms with Crippen LogP contribution < -0.4 is 0 Å². The summed E-state index contributed by atoms with van der Waals surface area (Å²) in [5.41, 5.74) is 0. The summed E-state index contributed by atoms with van der Waals surface area (Å²) in [6.45, 7) is 1.53. The van der Waals surface area contributed by atoms with E-state index < -0.39 is 16.0 Å². The molecule has 0 spiro atoms. The number of carbonyl (C=O) groups is 1. The third-order valence-electron chi connectivity index (χ3n) is 3.36. The average Bonchev–Trinajstić information content (AvgIpc) is 2.64. The van der Waals surface area contributed by atoms with Gasteiger partial charge >= 0.3 is 5.97 Å². The predicted molar refractivity (Wildman–Crippen MR) is 78.9 cm³/mol. The van der Waals surface area contributed by atoms with Crippen LogP contribution in [0.2, 0.25) is 5.02 Å². The van der Waals surface area contributed by atoms with Crippen LogP contribution in [0.3, 0.4) is 0 Å². The highest BCUT2D eigenvalue weighted by molar-refractivity contribution is 7.89. The Bertz CT molecular complexity index is 620. The van der Waals surface area contributed by atoms with E-state index in [2.05, 4.69) is 0 Å². The van der Waals surface area contributed by atoms with Crippen molar-refractivity contribution in [2.75, 3.05) is 32.7 Å². The molecule has 6 nitrogen and oxygen atoms in total. The molecule has 1 aromatic carbocycles. The molecule has 1 aromatic rings. The molecular weight excluding hydrogens is 316 g/mol. The Labute approximate surface area is 129 Å². The Morgan fingerprint density at radius 2 is 1.90 bits per heavy atom. The molecule has 0 aliphatic carbocycles. The highest BCUT2D eigenvalue weighted by Crippen LogP contribution is 2.24. The SMILES string of the molecule is O=C(O)CN1CCCN(S(=O)(=O)c2ccccc2Cl)CC1. The van der Waals surface area contributed by atoms with Crippen molar-refractivity contribution in [1.29, 1.82) is 0 Å². The summed E-state index contributed by atoms with van der Waals surface area (Å²) >= 11 is 5.97. The second-order valence-corrected chi connectivity index (χ2v) is 7.17. The lowest BCUT2D eigenvalue weighted by Crippen LogP contribution is -2.36. The van der Waals surface area contributed by atoms with Gasteiger partial charge in [0, 0.05) is 26.2 Å². The van der Waals surface area contributed by atoms with Gasteiger partial charge in [0.05, 0.1) is 11.6 Å². The number of nitrogens with zero attached hydrogens (tertiary/aromatic N) is 2. The van der Waals surface area contributed by atoms with E-state index in [1.165, 1.54) is 10.4 Å². The highest BCUT2D eigenvalue weighted by atomic mass is 35.5. The number of hydrogen-bond donors (Lipinski definition) is 1. The van der Waals surface area contributed by atoms with Crippen molar-refractivity contribution in [1.82, 2.24) is 9.21 Å². The first-order valence-corrected chi connectivity index (χ1v) is 8.42. The van der Waals surface area contributed by atoms with Gasteiger partial charge in [-0.3, -0.25) is 9.69 Å². The zero-order valence-corrected chi connectivity index (χ0v) is 13.0. The number of carboxylic acid groups (broad SMARTS) is 1. The lowest BCUT2D eigenvalue weighted by atomic mass is 10.4. The molecule has 8 heteroatoms. The van der Waals surface area contributed by atoms with Gasteiger partial charge in [-0.25, -0.2) is 8.42 Å². The zero-order chi connectivity index (χ0) is 15.5. The molecule has 21 heavy (non-hydrogen) atoms. The number of benzene rings is 1. The molecule has 0 saturated carbocycles. The molecule has 2 rings (SSSR count). The van der Waals surface area contributed by atoms with E-state index in [0.717, 1.165) is 0 Å². The molecule has 1 saturated heterocycles. The van der Waals surface area contributed by atoms with Crippen LogP contribution in [-0.4, -0.2) is 61.4 Å². The molecule has 0 atom stereocenters. The van der Waals surface area contributed by atoms with Gasteiger partial charge < -0.3 is 5.11 Å². The van der Waals surface area contributed by atoms with E-state index in [4.69, 9.17) is 16.7 Å². The molecule has 1 aliphatic heterocycles. The minimum Gasteiger partial charge on any atom is -0.480 e. The molecule has 0 radical (unpaired) electrons. The second kappa shape index (κ2) is 6.74. The first-order valence-electron chi connectivity index (χ1n) is 6.60. The van der Waals surface area contributed by atoms with Crippen LogP contribution in [-0.2, 0) is 14.8 Å². The molecule has 116 valence electrons. The number of carboxylic acids is 1. The number of rotatable bonds is 4. The summed E-state index contributed by atoms with van der Waals surface area (Å²) in [6, 6.07) is 6.34. The molecule has 0 bridgehead atoms. The van der Waals surface area contributed by atoms with Gasteiger partial charge in [0.2, 0.25) is 10.0 Å². The van der Waals surface area contributed by atoms with Crippen molar-refractivity contribution < 1.29 is 18.3 Å². The fourth-order valence-electron chi connectivity index (χ4n) is 2.33. The first kappa shape index (κ1) is 16.2. The Morgan fingerprint density at radius 1 is 1.19 bits per heavy atom. The largest absolute Gasteiger partial charge is 0.480 e. The monoisotopic (exact) mass is 332 g/mol. The third-order valence-corrected chi connectivity index (χ3v) is 5.76. The molecule has 1 heterocycles. The maximum absolute atomic E-state index is 12.6. The number of hydrogen-bond acceptors (Lipinski definition) is 4. The second-order valence-electron chi connectivity index (χ2n) is 4.86. The smallest absolute Gasteiger partial charge is 0.317 e. The molecule has 0 amide bonds. The Hall–Kier alpha value is -1.15. The van der Waals surface area contributed by atoms with Crippen molar-refractivity contribution >= 4 is 27.6 Å². The molecule has 1 fully saturated rings. The summed E-state index contributed by atoms with van der Waals surface area (Å²) in [4.78, 5) is 12.6. The fourth-order valence-corrected chi connectivity index (χ4v) is 4.29. The van der Waals surface area contributed by atoms with Crippen LogP contribution in [0.25, 0.3) is 0 Å². The van der Waals surface area contributed by atoms with Crippen LogP contribution in [0.5, 0.6) is 0 Å². The molecule has 0 unspecified atom stereocenters. The Kier molecular flexibility index (Phi) is 5.21. The summed E-state index contributed by atoms with van der Waals surface area (Å²) in [6.07, 6.45) is 0.594. The maximum atomic E-state index is 12.6. The number of aliphatic carboxylic acids is 1. The average molecular weight is 333 g/mol. The van der Waals surface area contributed by atoms with E-state index in [9.17, 15) is 13.2 Å². The van der Waals surface area contributed by atoms with Gasteiger partial charge in [-0.2, -0.15) is 4.31 Å². The fraction of sp³-hybridized carbons (Fsp3) is 0.462. The minimum atomic E-state index is -3.64. The third kappa shape index (κ3) is 3.94. The first-order chi connectivity index (χ1) is 9.91. The van der Waals surface area contributed by atoms with E-state index in [1.807, 2.05) is 0 Å². The molecular formula is C13H17ClN2O4S. The molecule has 1 N–H and O–H groups in total. The Balaban J connectivity index is 2.15. The van der Waals surface area contributed by atoms with Gasteiger partial charge in [-0.15, -0.1) is 0 Å². The van der Waals surface area contributed by atoms with Crippen LogP contribution in [0, 0.1) is 0 Å². The standard InChI is InChI=1S/C13H17ClN2O4S/c14-11-4-1-2-5-12(11)21(19,20)16-7-3-6-15(8-9-16)10-13(17)18/h1-2,4-5H,3,6-10H2,(H,17,18). The van der Waals surface area contributed by atoms with E-state index in [1.54, 1.807) is 23.1 Å². The van der Waals surface area contributed by atoms with Crippen molar-refractivity contribution in [3.8, 4) is 0 Å². The van der Waals surface area contributed by atoms with Gasteiger partial charge in [0.25, 0.3) is 0 Å². The topological polar surface area (TPSA) is 77.9 Å². The van der Waals surface area contributed by atoms with Gasteiger partial charge in [-0.1, -0.05) is 23.7 Å². The Morgan fingerprint density at radius 3 is 2.57 bits per heavy atom. The summed E-state index contributed by atoms with van der Waals surface area (Å²) < 4.78 is 26.6. The van der Waals surface area contributed by atoms with Crippen LogP contribution in [0.15, 0.2) is 29.2 Å². The van der Waals surface area contributed by atoms with Crippen molar-refractivity contribution in [2.45, 2.75) is 11.3 Å². The number of sulfonamides is 1. The van der Waals surface area contributed by atoms with Crippen LogP contribution in [0.1, 0.15) is 6.42 Å². The van der Waals surface area contributed by atoms with Crippen molar-refractivity contribution in [2.24, 2.45) is 0 Å². The summed E-state index contributed by atoms with van der Waals surface area (Å²) in [7, 11) is -3.64. The maximum Gasteiger partial charge on any atom is 0.317 e. The normalized spacial score (nSPS) is 18.3. The van der Waals surface area contributed by atoms with Crippen molar-refractivity contribution in [3.63, 3.8) is 0 Å². The van der Waals surface area contributed by atoms with Crippen molar-refractivity contribution in [3.05, 3.63) is 29.3 Å². The van der Waals surface area contributed by atoms with E-state index in [-0.39, 0.29) is 23.0 Å². The van der Waals surface area contributed by atoms with E-state index >= 15 is 0 Å². The highest BCUT2D eigenvalue weighted by Gasteiger charge is 2.28. The predicted octanol–water partition coefficient (Wildman–Crippen LogP) is 1.12. The van der Waals surface area contributed by atoms with Crippen LogP contribution >= 0.6 is 11.6 Å². The lowest BCUT2D eigenvalue weighted by Gasteiger charge is -2.21. The summed E-state index contributed by atoms with van der Waals surface area (Å²) in [5.74, 6) is -0.905. The zero-order valence-electron chi connectivity index (χ0n) is 11.4. The molecule has 0 aromatic heterocycles. The minimum absolute atomic E-state index is 0.0695. The van der Waals surface area contributed by atoms with Gasteiger partial charge in [0.15, 0.2) is 0 Å². The molecule has 1 aliphatic rings. The van der Waals surface area contributed by atoms with Gasteiger partial charge in [0.1, 0.15) is 4.90 Å². The summed E-state index contributed by atoms with van der Waals surface area (Å²) in [5, 5.41) is 9.01. The number of halogens is 1.